The van der Waals surface area contributed by atoms with Gasteiger partial charge in [-0.05, 0) is 22.9 Å². The van der Waals surface area contributed by atoms with Crippen LogP contribution >= 0.6 is 0 Å². The standard InChI is InChI=1S/C16H18N2O2/c1-17-6-8-18(9-7-17)16(20)14-10-12-4-2-3-5-13(12)11-15(14)19/h2-5,10-11,19H,6-9H2,1H3/p+1. The quantitative estimate of drug-likeness (QED) is 0.794. The second-order valence-electron chi connectivity index (χ2n) is 5.47. The van der Waals surface area contributed by atoms with Crippen molar-refractivity contribution in [2.24, 2.45) is 0 Å². The first kappa shape index (κ1) is 12.9. The zero-order chi connectivity index (χ0) is 14.1. The van der Waals surface area contributed by atoms with Gasteiger partial charge in [0.1, 0.15) is 5.75 Å². The molecule has 1 fully saturated rings. The molecule has 0 spiro atoms. The van der Waals surface area contributed by atoms with E-state index in [1.54, 1.807) is 12.1 Å². The number of fused-ring (bicyclic) bond motifs is 1. The Morgan fingerprint density at radius 1 is 1.15 bits per heavy atom. The molecule has 2 aromatic carbocycles. The maximum atomic E-state index is 12.5. The largest absolute Gasteiger partial charge is 0.507 e. The van der Waals surface area contributed by atoms with E-state index in [2.05, 4.69) is 7.05 Å². The summed E-state index contributed by atoms with van der Waals surface area (Å²) in [5, 5.41) is 12.0. The first-order valence-electron chi connectivity index (χ1n) is 6.97. The topological polar surface area (TPSA) is 45.0 Å². The fraction of sp³-hybridized carbons (Fsp3) is 0.312. The molecule has 0 atom stereocenters. The molecule has 104 valence electrons. The highest BCUT2D eigenvalue weighted by molar-refractivity contribution is 6.01. The highest BCUT2D eigenvalue weighted by Gasteiger charge is 2.24. The number of benzene rings is 2. The van der Waals surface area contributed by atoms with E-state index < -0.39 is 0 Å². The fourth-order valence-corrected chi connectivity index (χ4v) is 2.66. The molecule has 4 nitrogen and oxygen atoms in total. The van der Waals surface area contributed by atoms with E-state index in [0.717, 1.165) is 37.0 Å². The van der Waals surface area contributed by atoms with Crippen LogP contribution in [0.3, 0.4) is 0 Å². The van der Waals surface area contributed by atoms with Crippen LogP contribution in [-0.4, -0.2) is 49.1 Å². The molecular formula is C16H19N2O2+. The Kier molecular flexibility index (Phi) is 3.32. The smallest absolute Gasteiger partial charge is 0.258 e. The zero-order valence-electron chi connectivity index (χ0n) is 11.6. The van der Waals surface area contributed by atoms with E-state index >= 15 is 0 Å². The molecule has 1 amide bonds. The predicted molar refractivity (Wildman–Crippen MR) is 78.1 cm³/mol. The number of rotatable bonds is 1. The van der Waals surface area contributed by atoms with E-state index in [0.29, 0.717) is 5.56 Å². The van der Waals surface area contributed by atoms with Gasteiger partial charge >= 0.3 is 0 Å². The molecule has 0 radical (unpaired) electrons. The number of amides is 1. The molecule has 4 heteroatoms. The van der Waals surface area contributed by atoms with Gasteiger partial charge in [-0.2, -0.15) is 0 Å². The first-order chi connectivity index (χ1) is 9.65. The van der Waals surface area contributed by atoms with Crippen LogP contribution in [0.2, 0.25) is 0 Å². The van der Waals surface area contributed by atoms with Crippen molar-refractivity contribution in [2.75, 3.05) is 33.2 Å². The van der Waals surface area contributed by atoms with Gasteiger partial charge < -0.3 is 14.9 Å². The van der Waals surface area contributed by atoms with Gasteiger partial charge in [0.05, 0.1) is 38.8 Å². The molecule has 0 aliphatic carbocycles. The van der Waals surface area contributed by atoms with Gasteiger partial charge in [-0.25, -0.2) is 0 Å². The summed E-state index contributed by atoms with van der Waals surface area (Å²) >= 11 is 0. The summed E-state index contributed by atoms with van der Waals surface area (Å²) in [4.78, 5) is 15.8. The maximum Gasteiger partial charge on any atom is 0.258 e. The molecule has 1 saturated heterocycles. The number of hydrogen-bond acceptors (Lipinski definition) is 2. The summed E-state index contributed by atoms with van der Waals surface area (Å²) in [5.41, 5.74) is 0.406. The molecule has 2 N–H and O–H groups in total. The number of phenolic OH excluding ortho intramolecular Hbond substituents is 1. The Balaban J connectivity index is 1.93. The summed E-state index contributed by atoms with van der Waals surface area (Å²) in [6.07, 6.45) is 0. The second kappa shape index (κ2) is 5.13. The lowest BCUT2D eigenvalue weighted by molar-refractivity contribution is -0.883. The van der Waals surface area contributed by atoms with E-state index in [1.165, 1.54) is 4.90 Å². The van der Waals surface area contributed by atoms with E-state index in [-0.39, 0.29) is 11.7 Å². The third-order valence-corrected chi connectivity index (χ3v) is 4.00. The number of piperazine rings is 1. The second-order valence-corrected chi connectivity index (χ2v) is 5.47. The van der Waals surface area contributed by atoms with Gasteiger partial charge in [0, 0.05) is 0 Å². The lowest BCUT2D eigenvalue weighted by atomic mass is 10.0. The van der Waals surface area contributed by atoms with Crippen LogP contribution in [0.15, 0.2) is 36.4 Å². The first-order valence-corrected chi connectivity index (χ1v) is 6.97. The summed E-state index contributed by atoms with van der Waals surface area (Å²) in [5.74, 6) is 0.000674. The zero-order valence-corrected chi connectivity index (χ0v) is 11.6. The van der Waals surface area contributed by atoms with Gasteiger partial charge in [-0.3, -0.25) is 4.79 Å². The number of likely N-dealkylation sites (N-methyl/N-ethyl adjacent to an activating group) is 1. The van der Waals surface area contributed by atoms with Crippen molar-refractivity contribution in [3.8, 4) is 5.75 Å². The summed E-state index contributed by atoms with van der Waals surface area (Å²) in [7, 11) is 2.13. The Morgan fingerprint density at radius 3 is 2.40 bits per heavy atom. The van der Waals surface area contributed by atoms with Crippen molar-refractivity contribution in [3.63, 3.8) is 0 Å². The van der Waals surface area contributed by atoms with Crippen LogP contribution in [-0.2, 0) is 0 Å². The Morgan fingerprint density at radius 2 is 1.75 bits per heavy atom. The van der Waals surface area contributed by atoms with Crippen LogP contribution in [0.25, 0.3) is 10.8 Å². The predicted octanol–water partition coefficient (Wildman–Crippen LogP) is 0.516. The number of nitrogens with one attached hydrogen (secondary N) is 1. The molecule has 0 aromatic heterocycles. The number of quaternary nitrogens is 1. The molecule has 0 saturated carbocycles. The van der Waals surface area contributed by atoms with E-state index in [1.807, 2.05) is 29.2 Å². The van der Waals surface area contributed by atoms with Crippen molar-refractivity contribution in [1.82, 2.24) is 4.90 Å². The van der Waals surface area contributed by atoms with Gasteiger partial charge in [-0.1, -0.05) is 24.3 Å². The number of phenols is 1. The van der Waals surface area contributed by atoms with Gasteiger partial charge in [0.2, 0.25) is 0 Å². The monoisotopic (exact) mass is 271 g/mol. The van der Waals surface area contributed by atoms with Crippen LogP contribution in [0.5, 0.6) is 5.75 Å². The molecule has 0 bridgehead atoms. The van der Waals surface area contributed by atoms with E-state index in [9.17, 15) is 9.90 Å². The Labute approximate surface area is 118 Å². The minimum absolute atomic E-state index is 0.0687. The van der Waals surface area contributed by atoms with Crippen LogP contribution in [0.4, 0.5) is 0 Å². The molecule has 1 aliphatic heterocycles. The van der Waals surface area contributed by atoms with Crippen molar-refractivity contribution in [2.45, 2.75) is 0 Å². The molecule has 3 rings (SSSR count). The summed E-state index contributed by atoms with van der Waals surface area (Å²) < 4.78 is 0. The molecule has 20 heavy (non-hydrogen) atoms. The van der Waals surface area contributed by atoms with E-state index in [4.69, 9.17) is 0 Å². The van der Waals surface area contributed by atoms with Gasteiger partial charge in [0.15, 0.2) is 0 Å². The molecular weight excluding hydrogens is 252 g/mol. The third-order valence-electron chi connectivity index (χ3n) is 4.00. The maximum absolute atomic E-state index is 12.5. The van der Waals surface area contributed by atoms with Crippen LogP contribution in [0.1, 0.15) is 10.4 Å². The Bertz CT molecular complexity index is 646. The minimum atomic E-state index is -0.0687. The highest BCUT2D eigenvalue weighted by atomic mass is 16.3. The molecule has 1 aliphatic rings. The third kappa shape index (κ3) is 2.34. The van der Waals surface area contributed by atoms with Crippen molar-refractivity contribution in [3.05, 3.63) is 42.0 Å². The average molecular weight is 271 g/mol. The lowest BCUT2D eigenvalue weighted by Crippen LogP contribution is -3.12. The van der Waals surface area contributed by atoms with Gasteiger partial charge in [-0.15, -0.1) is 0 Å². The van der Waals surface area contributed by atoms with Crippen LogP contribution in [0, 0.1) is 0 Å². The van der Waals surface area contributed by atoms with Gasteiger partial charge in [0.25, 0.3) is 5.91 Å². The van der Waals surface area contributed by atoms with Crippen LogP contribution < -0.4 is 4.90 Å². The number of hydrogen-bond donors (Lipinski definition) is 2. The summed E-state index contributed by atoms with van der Waals surface area (Å²) in [6.45, 7) is 3.41. The molecule has 2 aromatic rings. The number of carbonyl (C=O) groups excluding carboxylic acids is 1. The highest BCUT2D eigenvalue weighted by Crippen LogP contribution is 2.26. The molecule has 0 unspecified atom stereocenters. The molecule has 1 heterocycles. The minimum Gasteiger partial charge on any atom is -0.507 e. The van der Waals surface area contributed by atoms with Crippen molar-refractivity contribution < 1.29 is 14.8 Å². The summed E-state index contributed by atoms with van der Waals surface area (Å²) in [6, 6.07) is 11.2. The average Bonchev–Trinajstić information content (AvgIpc) is 2.46. The number of carbonyl (C=O) groups is 1. The lowest BCUT2D eigenvalue weighted by Gasteiger charge is -2.30. The fourth-order valence-electron chi connectivity index (χ4n) is 2.66. The van der Waals surface area contributed by atoms with Crippen molar-refractivity contribution >= 4 is 16.7 Å². The SMILES string of the molecule is C[NH+]1CCN(C(=O)c2cc3ccccc3cc2O)CC1. The Hall–Kier alpha value is -2.07. The normalized spacial score (nSPS) is 16.6. The number of aromatic hydroxyl groups is 1. The number of nitrogens with zero attached hydrogens (tertiary/aromatic N) is 1. The van der Waals surface area contributed by atoms with Crippen molar-refractivity contribution in [1.29, 1.82) is 0 Å².